The summed E-state index contributed by atoms with van der Waals surface area (Å²) in [7, 11) is 1.98. The van der Waals surface area contributed by atoms with Gasteiger partial charge < -0.3 is 14.4 Å². The maximum atomic E-state index is 13.0. The molecule has 1 fully saturated rings. The Labute approximate surface area is 160 Å². The van der Waals surface area contributed by atoms with Gasteiger partial charge in [0.15, 0.2) is 0 Å². The van der Waals surface area contributed by atoms with Crippen molar-refractivity contribution in [2.24, 2.45) is 7.05 Å². The van der Waals surface area contributed by atoms with Crippen LogP contribution < -0.4 is 0 Å². The summed E-state index contributed by atoms with van der Waals surface area (Å²) < 4.78 is 2.03. The lowest BCUT2D eigenvalue weighted by Crippen LogP contribution is -2.43. The van der Waals surface area contributed by atoms with Gasteiger partial charge in [0.25, 0.3) is 5.91 Å². The molecular formula is C22H27N3O2. The molecule has 0 radical (unpaired) electrons. The van der Waals surface area contributed by atoms with Gasteiger partial charge in [0.05, 0.1) is 6.54 Å². The number of rotatable bonds is 8. The Kier molecular flexibility index (Phi) is 5.79. The molecular weight excluding hydrogens is 338 g/mol. The quantitative estimate of drug-likeness (QED) is 0.675. The van der Waals surface area contributed by atoms with Crippen LogP contribution in [0.1, 0.15) is 34.5 Å². The summed E-state index contributed by atoms with van der Waals surface area (Å²) in [5.41, 5.74) is 2.78. The van der Waals surface area contributed by atoms with Gasteiger partial charge in [-0.25, -0.2) is 0 Å². The second kappa shape index (κ2) is 8.25. The zero-order valence-electron chi connectivity index (χ0n) is 16.1. The van der Waals surface area contributed by atoms with Gasteiger partial charge in [-0.05, 0) is 44.0 Å². The average Bonchev–Trinajstić information content (AvgIpc) is 3.41. The van der Waals surface area contributed by atoms with Gasteiger partial charge in [-0.3, -0.25) is 9.59 Å². The van der Waals surface area contributed by atoms with E-state index >= 15 is 0 Å². The molecule has 0 bridgehead atoms. The van der Waals surface area contributed by atoms with Crippen LogP contribution in [0.2, 0.25) is 0 Å². The Morgan fingerprint density at radius 3 is 2.48 bits per heavy atom. The number of aryl methyl sites for hydroxylation is 2. The average molecular weight is 365 g/mol. The fourth-order valence-electron chi connectivity index (χ4n) is 3.15. The van der Waals surface area contributed by atoms with E-state index in [0.29, 0.717) is 18.7 Å². The van der Waals surface area contributed by atoms with Gasteiger partial charge >= 0.3 is 0 Å². The zero-order chi connectivity index (χ0) is 19.4. The van der Waals surface area contributed by atoms with Gasteiger partial charge in [-0.2, -0.15) is 0 Å². The highest BCUT2D eigenvalue weighted by atomic mass is 16.2. The third kappa shape index (κ3) is 4.67. The second-order valence-corrected chi connectivity index (χ2v) is 7.20. The Bertz CT molecular complexity index is 818. The highest BCUT2D eigenvalue weighted by Crippen LogP contribution is 2.28. The van der Waals surface area contributed by atoms with Gasteiger partial charge in [-0.1, -0.05) is 23.8 Å². The smallest absolute Gasteiger partial charge is 0.254 e. The van der Waals surface area contributed by atoms with E-state index in [2.05, 4.69) is 6.58 Å². The van der Waals surface area contributed by atoms with E-state index in [4.69, 9.17) is 0 Å². The lowest BCUT2D eigenvalue weighted by atomic mass is 10.1. The lowest BCUT2D eigenvalue weighted by Gasteiger charge is -2.27. The van der Waals surface area contributed by atoms with Crippen LogP contribution in [0.25, 0.3) is 0 Å². The van der Waals surface area contributed by atoms with Crippen LogP contribution in [-0.4, -0.2) is 45.3 Å². The van der Waals surface area contributed by atoms with Gasteiger partial charge in [0, 0.05) is 37.1 Å². The molecule has 0 unspecified atom stereocenters. The highest BCUT2D eigenvalue weighted by Gasteiger charge is 2.34. The van der Waals surface area contributed by atoms with Gasteiger partial charge in [0.2, 0.25) is 5.91 Å². The monoisotopic (exact) mass is 365 g/mol. The number of carbonyl (C=O) groups is 2. The SMILES string of the molecule is C=CCN(CC(=O)N(Cc1cccn1C)C1CC1)C(=O)c1ccc(C)cc1. The molecule has 5 heteroatoms. The number of carbonyl (C=O) groups excluding carboxylic acids is 2. The van der Waals surface area contributed by atoms with Crippen molar-refractivity contribution in [1.82, 2.24) is 14.4 Å². The molecule has 0 atom stereocenters. The van der Waals surface area contributed by atoms with E-state index in [1.807, 2.05) is 53.9 Å². The van der Waals surface area contributed by atoms with Crippen LogP contribution in [0.4, 0.5) is 0 Å². The third-order valence-electron chi connectivity index (χ3n) is 4.95. The number of nitrogens with zero attached hydrogens (tertiary/aromatic N) is 3. The predicted molar refractivity (Wildman–Crippen MR) is 106 cm³/mol. The van der Waals surface area contributed by atoms with E-state index in [1.165, 1.54) is 0 Å². The van der Waals surface area contributed by atoms with Crippen molar-refractivity contribution in [3.05, 3.63) is 72.1 Å². The number of amides is 2. The van der Waals surface area contributed by atoms with E-state index < -0.39 is 0 Å². The minimum Gasteiger partial charge on any atom is -0.353 e. The second-order valence-electron chi connectivity index (χ2n) is 7.20. The summed E-state index contributed by atoms with van der Waals surface area (Å²) in [5.74, 6) is -0.154. The highest BCUT2D eigenvalue weighted by molar-refractivity contribution is 5.96. The maximum absolute atomic E-state index is 13.0. The van der Waals surface area contributed by atoms with Gasteiger partial charge in [0.1, 0.15) is 6.54 Å². The van der Waals surface area contributed by atoms with Crippen molar-refractivity contribution in [1.29, 1.82) is 0 Å². The Morgan fingerprint density at radius 1 is 1.22 bits per heavy atom. The molecule has 1 saturated carbocycles. The van der Waals surface area contributed by atoms with Crippen molar-refractivity contribution in [3.8, 4) is 0 Å². The molecule has 1 aliphatic carbocycles. The number of aromatic nitrogens is 1. The molecule has 1 heterocycles. The van der Waals surface area contributed by atoms with Crippen LogP contribution in [-0.2, 0) is 18.4 Å². The molecule has 5 nitrogen and oxygen atoms in total. The first-order valence-electron chi connectivity index (χ1n) is 9.36. The van der Waals surface area contributed by atoms with Crippen LogP contribution in [0.15, 0.2) is 55.3 Å². The Balaban J connectivity index is 1.72. The normalized spacial score (nSPS) is 13.3. The van der Waals surface area contributed by atoms with Crippen molar-refractivity contribution in [2.45, 2.75) is 32.4 Å². The molecule has 1 aromatic heterocycles. The predicted octanol–water partition coefficient (Wildman–Crippen LogP) is 3.15. The third-order valence-corrected chi connectivity index (χ3v) is 4.95. The molecule has 2 amide bonds. The summed E-state index contributed by atoms with van der Waals surface area (Å²) >= 11 is 0. The lowest BCUT2D eigenvalue weighted by molar-refractivity contribution is -0.133. The fourth-order valence-corrected chi connectivity index (χ4v) is 3.15. The van der Waals surface area contributed by atoms with Crippen LogP contribution in [0.3, 0.4) is 0 Å². The summed E-state index contributed by atoms with van der Waals surface area (Å²) in [5, 5.41) is 0. The first-order chi connectivity index (χ1) is 13.0. The van der Waals surface area contributed by atoms with Crippen LogP contribution >= 0.6 is 0 Å². The topological polar surface area (TPSA) is 45.6 Å². The van der Waals surface area contributed by atoms with Crippen LogP contribution in [0, 0.1) is 6.92 Å². The van der Waals surface area contributed by atoms with Gasteiger partial charge in [-0.15, -0.1) is 6.58 Å². The standard InChI is InChI=1S/C22H27N3O2/c1-4-13-24(22(27)18-9-7-17(2)8-10-18)16-21(26)25(19-11-12-19)15-20-6-5-14-23(20)3/h4-10,14,19H,1,11-13,15-16H2,2-3H3. The van der Waals surface area contributed by atoms with Crippen molar-refractivity contribution in [3.63, 3.8) is 0 Å². The fraction of sp³-hybridized carbons (Fsp3) is 0.364. The van der Waals surface area contributed by atoms with Crippen molar-refractivity contribution >= 4 is 11.8 Å². The molecule has 3 rings (SSSR count). The van der Waals surface area contributed by atoms with Crippen molar-refractivity contribution < 1.29 is 9.59 Å². The summed E-state index contributed by atoms with van der Waals surface area (Å²) in [6.07, 6.45) is 5.71. The first kappa shape index (κ1) is 19.0. The summed E-state index contributed by atoms with van der Waals surface area (Å²) in [6.45, 7) is 6.72. The molecule has 0 spiro atoms. The molecule has 0 N–H and O–H groups in total. The minimum atomic E-state index is -0.141. The number of hydrogen-bond donors (Lipinski definition) is 0. The summed E-state index contributed by atoms with van der Waals surface area (Å²) in [6, 6.07) is 11.7. The molecule has 0 aliphatic heterocycles. The van der Waals surface area contributed by atoms with Crippen molar-refractivity contribution in [2.75, 3.05) is 13.1 Å². The minimum absolute atomic E-state index is 0.0130. The molecule has 0 saturated heterocycles. The van der Waals surface area contributed by atoms with E-state index in [0.717, 1.165) is 24.1 Å². The van der Waals surface area contributed by atoms with E-state index in [9.17, 15) is 9.59 Å². The number of hydrogen-bond acceptors (Lipinski definition) is 2. The largest absolute Gasteiger partial charge is 0.353 e. The zero-order valence-corrected chi connectivity index (χ0v) is 16.1. The first-order valence-corrected chi connectivity index (χ1v) is 9.36. The molecule has 1 aliphatic rings. The molecule has 1 aromatic carbocycles. The van der Waals surface area contributed by atoms with E-state index in [1.54, 1.807) is 23.1 Å². The molecule has 2 aromatic rings. The van der Waals surface area contributed by atoms with E-state index in [-0.39, 0.29) is 24.4 Å². The molecule has 142 valence electrons. The Morgan fingerprint density at radius 2 is 1.93 bits per heavy atom. The maximum Gasteiger partial charge on any atom is 0.254 e. The molecule has 27 heavy (non-hydrogen) atoms. The summed E-state index contributed by atoms with van der Waals surface area (Å²) in [4.78, 5) is 29.4. The van der Waals surface area contributed by atoms with Crippen LogP contribution in [0.5, 0.6) is 0 Å². The Hall–Kier alpha value is -2.82. The number of benzene rings is 1.